The van der Waals surface area contributed by atoms with Crippen molar-refractivity contribution in [2.24, 2.45) is 0 Å². The SMILES string of the molecule is O=P(c1ccccc1)(c1ccccc1)c1c2ccccc2c(-c2ccc(C3(c4ccc(-c5nc(-c6ccccc6)nc(-c6c7ccccc7cc7ccccc67)n5)cc4)CCCCC3)cc2)c2ccccc12. The van der Waals surface area contributed by atoms with Crippen LogP contribution in [0.5, 0.6) is 0 Å². The number of fused-ring (bicyclic) bond motifs is 4. The summed E-state index contributed by atoms with van der Waals surface area (Å²) in [5.74, 6) is 1.97. The molecule has 0 N–H and O–H groups in total. The zero-order chi connectivity index (χ0) is 48.1. The first-order valence-electron chi connectivity index (χ1n) is 25.2. The molecule has 344 valence electrons. The van der Waals surface area contributed by atoms with Crippen LogP contribution in [0.1, 0.15) is 43.2 Å². The summed E-state index contributed by atoms with van der Waals surface area (Å²) in [6.45, 7) is 0. The molecule has 72 heavy (non-hydrogen) atoms. The van der Waals surface area contributed by atoms with Gasteiger partial charge in [0.25, 0.3) is 0 Å². The zero-order valence-electron chi connectivity index (χ0n) is 39.8. The van der Waals surface area contributed by atoms with Crippen LogP contribution in [0.4, 0.5) is 0 Å². The van der Waals surface area contributed by atoms with Crippen molar-refractivity contribution >= 4 is 66.1 Å². The minimum absolute atomic E-state index is 0.150. The lowest BCUT2D eigenvalue weighted by molar-refractivity contribution is 0.346. The average molecular weight is 944 g/mol. The molecule has 0 aliphatic heterocycles. The highest BCUT2D eigenvalue weighted by Gasteiger charge is 2.37. The molecule has 0 atom stereocenters. The second-order valence-electron chi connectivity index (χ2n) is 19.3. The molecule has 0 unspecified atom stereocenters. The molecule has 0 radical (unpaired) electrons. The van der Waals surface area contributed by atoms with E-state index < -0.39 is 7.14 Å². The van der Waals surface area contributed by atoms with Gasteiger partial charge in [0, 0.05) is 38.0 Å². The molecular weight excluding hydrogens is 894 g/mol. The zero-order valence-corrected chi connectivity index (χ0v) is 40.7. The topological polar surface area (TPSA) is 55.7 Å². The Morgan fingerprint density at radius 3 is 1.22 bits per heavy atom. The Kier molecular flexibility index (Phi) is 11.0. The van der Waals surface area contributed by atoms with E-state index in [9.17, 15) is 0 Å². The standard InChI is InChI=1S/C67H50N3OP/c71-72(53-25-7-2-8-26-53,54-27-9-3-10-28-54)63-59-33-17-15-31-57(59)61(58-32-16-18-34-60(58)63)46-35-39-51(40-36-46)67(43-19-4-20-44-67)52-41-37-48(38-42-52)65-68-64(47-21-5-1-6-22-47)69-66(70-65)62-55-29-13-11-23-49(55)45-50-24-12-14-30-56(50)62/h1-3,5-18,21-42,45H,4,19-20,43-44H2. The summed E-state index contributed by atoms with van der Waals surface area (Å²) in [5, 5.41) is 11.3. The smallest absolute Gasteiger partial charge is 0.172 e. The quantitative estimate of drug-likeness (QED) is 0.107. The van der Waals surface area contributed by atoms with E-state index in [2.05, 4.69) is 164 Å². The van der Waals surface area contributed by atoms with Gasteiger partial charge in [0.05, 0.1) is 0 Å². The van der Waals surface area contributed by atoms with E-state index in [-0.39, 0.29) is 5.41 Å². The van der Waals surface area contributed by atoms with Gasteiger partial charge in [-0.05, 0) is 84.3 Å². The molecule has 1 aliphatic rings. The van der Waals surface area contributed by atoms with E-state index in [1.807, 2.05) is 78.9 Å². The number of rotatable bonds is 9. The maximum absolute atomic E-state index is 16.2. The number of aromatic nitrogens is 3. The van der Waals surface area contributed by atoms with Gasteiger partial charge in [-0.25, -0.2) is 15.0 Å². The van der Waals surface area contributed by atoms with Gasteiger partial charge in [-0.3, -0.25) is 0 Å². The summed E-state index contributed by atoms with van der Waals surface area (Å²) in [7, 11) is -3.33. The summed E-state index contributed by atoms with van der Waals surface area (Å²) < 4.78 is 16.2. The molecule has 12 aromatic rings. The van der Waals surface area contributed by atoms with E-state index in [0.29, 0.717) is 17.5 Å². The first kappa shape index (κ1) is 43.7. The Hall–Kier alpha value is -8.30. The highest BCUT2D eigenvalue weighted by Crippen LogP contribution is 2.50. The molecule has 1 aliphatic carbocycles. The first-order valence-corrected chi connectivity index (χ1v) is 26.9. The molecule has 1 saturated carbocycles. The number of hydrogen-bond acceptors (Lipinski definition) is 4. The van der Waals surface area contributed by atoms with Crippen molar-refractivity contribution in [3.05, 3.63) is 254 Å². The molecule has 1 aromatic heterocycles. The van der Waals surface area contributed by atoms with Crippen molar-refractivity contribution in [2.75, 3.05) is 0 Å². The molecule has 11 aromatic carbocycles. The molecule has 1 heterocycles. The van der Waals surface area contributed by atoms with Crippen LogP contribution in [0.25, 0.3) is 88.4 Å². The molecule has 4 nitrogen and oxygen atoms in total. The minimum Gasteiger partial charge on any atom is -0.309 e. The van der Waals surface area contributed by atoms with E-state index >= 15 is 4.57 Å². The van der Waals surface area contributed by atoms with E-state index in [1.54, 1.807) is 0 Å². The maximum Gasteiger partial charge on any atom is 0.172 e. The fraction of sp³-hybridized carbons (Fsp3) is 0.0896. The third kappa shape index (κ3) is 7.36. The van der Waals surface area contributed by atoms with Gasteiger partial charge in [0.1, 0.15) is 0 Å². The van der Waals surface area contributed by atoms with Crippen LogP contribution in [0.3, 0.4) is 0 Å². The third-order valence-electron chi connectivity index (χ3n) is 15.2. The fourth-order valence-corrected chi connectivity index (χ4v) is 14.9. The second kappa shape index (κ2) is 18.1. The van der Waals surface area contributed by atoms with Crippen LogP contribution in [0.2, 0.25) is 0 Å². The third-order valence-corrected chi connectivity index (χ3v) is 18.4. The van der Waals surface area contributed by atoms with Crippen molar-refractivity contribution in [1.29, 1.82) is 0 Å². The Morgan fingerprint density at radius 1 is 0.333 bits per heavy atom. The van der Waals surface area contributed by atoms with Crippen LogP contribution in [0, 0.1) is 0 Å². The Balaban J connectivity index is 0.918. The van der Waals surface area contributed by atoms with Crippen LogP contribution in [0.15, 0.2) is 243 Å². The fourth-order valence-electron chi connectivity index (χ4n) is 11.8. The molecule has 0 bridgehead atoms. The van der Waals surface area contributed by atoms with Crippen LogP contribution < -0.4 is 15.9 Å². The van der Waals surface area contributed by atoms with Crippen molar-refractivity contribution in [1.82, 2.24) is 15.0 Å². The first-order chi connectivity index (χ1) is 35.6. The lowest BCUT2D eigenvalue weighted by Crippen LogP contribution is -2.30. The Bertz CT molecular complexity index is 3870. The van der Waals surface area contributed by atoms with Gasteiger partial charge in [-0.15, -0.1) is 0 Å². The molecule has 5 heteroatoms. The van der Waals surface area contributed by atoms with Crippen molar-refractivity contribution in [3.8, 4) is 45.3 Å². The van der Waals surface area contributed by atoms with Gasteiger partial charge in [0.15, 0.2) is 24.6 Å². The van der Waals surface area contributed by atoms with Crippen LogP contribution >= 0.6 is 7.14 Å². The average Bonchev–Trinajstić information content (AvgIpc) is 3.46. The molecular formula is C67H50N3OP. The summed E-state index contributed by atoms with van der Waals surface area (Å²) in [6.07, 6.45) is 5.71. The predicted molar refractivity (Wildman–Crippen MR) is 301 cm³/mol. The maximum atomic E-state index is 16.2. The summed E-state index contributed by atoms with van der Waals surface area (Å²) in [5.41, 5.74) is 7.72. The van der Waals surface area contributed by atoms with Gasteiger partial charge < -0.3 is 4.57 Å². The monoisotopic (exact) mass is 943 g/mol. The molecule has 0 spiro atoms. The van der Waals surface area contributed by atoms with Gasteiger partial charge in [-0.1, -0.05) is 256 Å². The van der Waals surface area contributed by atoms with E-state index in [4.69, 9.17) is 15.0 Å². The molecule has 1 fully saturated rings. The molecule has 0 amide bonds. The van der Waals surface area contributed by atoms with Crippen molar-refractivity contribution in [3.63, 3.8) is 0 Å². The number of benzene rings is 11. The lowest BCUT2D eigenvalue weighted by atomic mass is 9.65. The highest BCUT2D eigenvalue weighted by atomic mass is 31.2. The summed E-state index contributed by atoms with van der Waals surface area (Å²) in [6, 6.07) is 85.3. The second-order valence-corrected chi connectivity index (χ2v) is 22.0. The normalized spacial score (nSPS) is 13.7. The lowest BCUT2D eigenvalue weighted by Gasteiger charge is -2.39. The minimum atomic E-state index is -3.33. The Labute approximate surface area is 420 Å². The van der Waals surface area contributed by atoms with Crippen LogP contribution in [-0.4, -0.2) is 15.0 Å². The summed E-state index contributed by atoms with van der Waals surface area (Å²) in [4.78, 5) is 15.7. The summed E-state index contributed by atoms with van der Waals surface area (Å²) >= 11 is 0. The van der Waals surface area contributed by atoms with Gasteiger partial charge in [-0.2, -0.15) is 0 Å². The van der Waals surface area contributed by atoms with Crippen LogP contribution in [-0.2, 0) is 9.98 Å². The number of hydrogen-bond donors (Lipinski definition) is 0. The van der Waals surface area contributed by atoms with Gasteiger partial charge >= 0.3 is 0 Å². The van der Waals surface area contributed by atoms with E-state index in [1.165, 1.54) is 30.4 Å². The molecule has 0 saturated heterocycles. The highest BCUT2D eigenvalue weighted by molar-refractivity contribution is 7.86. The van der Waals surface area contributed by atoms with Crippen molar-refractivity contribution in [2.45, 2.75) is 37.5 Å². The molecule has 13 rings (SSSR count). The van der Waals surface area contributed by atoms with E-state index in [0.717, 1.165) is 99.7 Å². The number of nitrogens with zero attached hydrogens (tertiary/aromatic N) is 3. The largest absolute Gasteiger partial charge is 0.309 e. The van der Waals surface area contributed by atoms with Crippen molar-refractivity contribution < 1.29 is 4.57 Å². The predicted octanol–water partition coefficient (Wildman–Crippen LogP) is 16.0. The van der Waals surface area contributed by atoms with Gasteiger partial charge in [0.2, 0.25) is 0 Å². The Morgan fingerprint density at radius 2 is 0.722 bits per heavy atom.